The molecule has 0 aromatic heterocycles. The molecule has 104 valence electrons. The highest BCUT2D eigenvalue weighted by Gasteiger charge is 2.34. The summed E-state index contributed by atoms with van der Waals surface area (Å²) in [7, 11) is 0. The number of hydrogen-bond donors (Lipinski definition) is 0. The average Bonchev–Trinajstić information content (AvgIpc) is 3.26. The van der Waals surface area contributed by atoms with E-state index in [1.54, 1.807) is 11.8 Å². The Balaban J connectivity index is 1.75. The zero-order valence-corrected chi connectivity index (χ0v) is 12.2. The van der Waals surface area contributed by atoms with Gasteiger partial charge in [0.2, 0.25) is 0 Å². The van der Waals surface area contributed by atoms with Crippen molar-refractivity contribution in [3.63, 3.8) is 0 Å². The number of para-hydroxylation sites is 1. The molecule has 1 heterocycles. The second-order valence-electron chi connectivity index (χ2n) is 4.54. The molecule has 3 unspecified atom stereocenters. The molecule has 0 bridgehead atoms. The van der Waals surface area contributed by atoms with E-state index in [4.69, 9.17) is 4.74 Å². The van der Waals surface area contributed by atoms with Crippen LogP contribution in [0.25, 0.3) is 0 Å². The molecular formula is C15H13O3S2-. The first kappa shape index (κ1) is 13.7. The highest BCUT2D eigenvalue weighted by Crippen LogP contribution is 2.43. The molecule has 1 aliphatic heterocycles. The first-order valence-electron chi connectivity index (χ1n) is 6.26. The summed E-state index contributed by atoms with van der Waals surface area (Å²) in [5, 5.41) is -0.208. The Morgan fingerprint density at radius 1 is 1.10 bits per heavy atom. The summed E-state index contributed by atoms with van der Waals surface area (Å²) in [6.45, 7) is 0. The molecule has 1 saturated heterocycles. The highest BCUT2D eigenvalue weighted by molar-refractivity contribution is 8.07. The Morgan fingerprint density at radius 2 is 1.70 bits per heavy atom. The Hall–Kier alpha value is -1.30. The van der Waals surface area contributed by atoms with Crippen LogP contribution >= 0.6 is 11.8 Å². The lowest BCUT2D eigenvalue weighted by Gasteiger charge is -2.19. The summed E-state index contributed by atoms with van der Waals surface area (Å²) < 4.78 is 28.3. The smallest absolute Gasteiger partial charge is 0.127 e. The Bertz CT molecular complexity index is 594. The van der Waals surface area contributed by atoms with Crippen molar-refractivity contribution < 1.29 is 13.5 Å². The Morgan fingerprint density at radius 3 is 2.25 bits per heavy atom. The third-order valence-electron chi connectivity index (χ3n) is 3.09. The van der Waals surface area contributed by atoms with Gasteiger partial charge >= 0.3 is 0 Å². The standard InChI is InChI=1S/C15H14O3S2/c16-20(17)15(14-10-19-14)11-6-8-13(9-7-11)18-12-4-2-1-3-5-12/h1-9,14-15H,10H2,(H,16,17)/p-1. The molecule has 1 fully saturated rings. The Kier molecular flexibility index (Phi) is 4.10. The van der Waals surface area contributed by atoms with Gasteiger partial charge in [-0.25, -0.2) is 0 Å². The van der Waals surface area contributed by atoms with Crippen LogP contribution in [0.5, 0.6) is 11.5 Å². The van der Waals surface area contributed by atoms with Gasteiger partial charge in [0.05, 0.1) is 5.25 Å². The van der Waals surface area contributed by atoms with E-state index in [2.05, 4.69) is 0 Å². The second-order valence-corrected chi connectivity index (χ2v) is 6.84. The second kappa shape index (κ2) is 5.99. The van der Waals surface area contributed by atoms with Crippen molar-refractivity contribution in [2.45, 2.75) is 10.5 Å². The van der Waals surface area contributed by atoms with Gasteiger partial charge in [0.15, 0.2) is 0 Å². The first-order chi connectivity index (χ1) is 9.74. The fourth-order valence-electron chi connectivity index (χ4n) is 2.03. The summed E-state index contributed by atoms with van der Waals surface area (Å²) in [5.41, 5.74) is 0.828. The maximum absolute atomic E-state index is 11.3. The predicted molar refractivity (Wildman–Crippen MR) is 80.9 cm³/mol. The average molecular weight is 305 g/mol. The van der Waals surface area contributed by atoms with E-state index in [-0.39, 0.29) is 5.25 Å². The molecule has 3 rings (SSSR count). The predicted octanol–water partition coefficient (Wildman–Crippen LogP) is 3.51. The van der Waals surface area contributed by atoms with Crippen LogP contribution in [-0.4, -0.2) is 19.8 Å². The Labute approximate surface area is 124 Å². The lowest BCUT2D eigenvalue weighted by molar-refractivity contribution is 0.482. The van der Waals surface area contributed by atoms with Crippen molar-refractivity contribution in [3.8, 4) is 11.5 Å². The number of thioether (sulfide) groups is 1. The molecule has 0 radical (unpaired) electrons. The SMILES string of the molecule is O=S([O-])C(c1ccc(Oc2ccccc2)cc1)C1CS1. The summed E-state index contributed by atoms with van der Waals surface area (Å²) in [6, 6.07) is 16.8. The number of ether oxygens (including phenoxy) is 1. The van der Waals surface area contributed by atoms with Gasteiger partial charge < -0.3 is 9.29 Å². The van der Waals surface area contributed by atoms with Gasteiger partial charge in [-0.1, -0.05) is 30.3 Å². The summed E-state index contributed by atoms with van der Waals surface area (Å²) in [4.78, 5) is 0. The van der Waals surface area contributed by atoms with E-state index >= 15 is 0 Å². The van der Waals surface area contributed by atoms with Gasteiger partial charge in [-0.05, 0) is 40.9 Å². The molecule has 2 aromatic carbocycles. The van der Waals surface area contributed by atoms with Crippen LogP contribution in [0.1, 0.15) is 10.8 Å². The van der Waals surface area contributed by atoms with Crippen molar-refractivity contribution in [2.24, 2.45) is 0 Å². The lowest BCUT2D eigenvalue weighted by atomic mass is 10.1. The van der Waals surface area contributed by atoms with Crippen LogP contribution in [0, 0.1) is 0 Å². The third-order valence-corrected chi connectivity index (χ3v) is 5.27. The monoisotopic (exact) mass is 305 g/mol. The number of rotatable bonds is 5. The highest BCUT2D eigenvalue weighted by atomic mass is 32.2. The third kappa shape index (κ3) is 3.23. The van der Waals surface area contributed by atoms with Gasteiger partial charge in [0, 0.05) is 11.0 Å². The topological polar surface area (TPSA) is 49.4 Å². The van der Waals surface area contributed by atoms with Crippen LogP contribution < -0.4 is 4.74 Å². The van der Waals surface area contributed by atoms with Crippen LogP contribution in [0.15, 0.2) is 54.6 Å². The van der Waals surface area contributed by atoms with Crippen LogP contribution in [0.4, 0.5) is 0 Å². The van der Waals surface area contributed by atoms with Gasteiger partial charge in [-0.15, -0.1) is 0 Å². The van der Waals surface area contributed by atoms with Crippen LogP contribution in [0.3, 0.4) is 0 Å². The molecule has 0 spiro atoms. The minimum absolute atomic E-state index is 0.203. The van der Waals surface area contributed by atoms with Gasteiger partial charge in [0.1, 0.15) is 11.5 Å². The first-order valence-corrected chi connectivity index (χ1v) is 8.45. The normalized spacial score (nSPS) is 20.1. The van der Waals surface area contributed by atoms with Crippen molar-refractivity contribution in [1.29, 1.82) is 0 Å². The molecule has 1 aliphatic rings. The van der Waals surface area contributed by atoms with Gasteiger partial charge in [0.25, 0.3) is 0 Å². The maximum atomic E-state index is 11.3. The fourth-order valence-corrected chi connectivity index (χ4v) is 4.02. The summed E-state index contributed by atoms with van der Waals surface area (Å²) in [6.07, 6.45) is 0. The molecule has 5 heteroatoms. The van der Waals surface area contributed by atoms with Crippen molar-refractivity contribution in [3.05, 3.63) is 60.2 Å². The van der Waals surface area contributed by atoms with E-state index < -0.39 is 16.3 Å². The zero-order valence-electron chi connectivity index (χ0n) is 10.6. The minimum atomic E-state index is -2.08. The van der Waals surface area contributed by atoms with Crippen molar-refractivity contribution in [2.75, 3.05) is 5.75 Å². The maximum Gasteiger partial charge on any atom is 0.127 e. The number of hydrogen-bond acceptors (Lipinski definition) is 4. The van der Waals surface area contributed by atoms with E-state index in [1.807, 2.05) is 54.6 Å². The van der Waals surface area contributed by atoms with Crippen LogP contribution in [0.2, 0.25) is 0 Å². The van der Waals surface area contributed by atoms with Crippen molar-refractivity contribution >= 4 is 22.8 Å². The summed E-state index contributed by atoms with van der Waals surface area (Å²) >= 11 is -0.396. The van der Waals surface area contributed by atoms with Crippen molar-refractivity contribution in [1.82, 2.24) is 0 Å². The van der Waals surface area contributed by atoms with E-state index in [9.17, 15) is 8.76 Å². The molecule has 20 heavy (non-hydrogen) atoms. The lowest BCUT2D eigenvalue weighted by Crippen LogP contribution is -2.11. The zero-order chi connectivity index (χ0) is 13.9. The quantitative estimate of drug-likeness (QED) is 0.626. The molecule has 0 aliphatic carbocycles. The molecule has 0 N–H and O–H groups in total. The van der Waals surface area contributed by atoms with E-state index in [0.29, 0.717) is 5.75 Å². The molecule has 0 saturated carbocycles. The van der Waals surface area contributed by atoms with E-state index in [1.165, 1.54) is 0 Å². The molecular weight excluding hydrogens is 292 g/mol. The number of benzene rings is 2. The summed E-state index contributed by atoms with van der Waals surface area (Å²) in [5.74, 6) is 2.39. The minimum Gasteiger partial charge on any atom is -0.772 e. The molecule has 3 atom stereocenters. The van der Waals surface area contributed by atoms with E-state index in [0.717, 1.165) is 17.1 Å². The molecule has 2 aromatic rings. The molecule has 0 amide bonds. The molecule has 3 nitrogen and oxygen atoms in total. The van der Waals surface area contributed by atoms with Gasteiger partial charge in [-0.2, -0.15) is 11.8 Å². The van der Waals surface area contributed by atoms with Gasteiger partial charge in [-0.3, -0.25) is 4.21 Å². The van der Waals surface area contributed by atoms with Crippen LogP contribution in [-0.2, 0) is 11.1 Å². The fraction of sp³-hybridized carbons (Fsp3) is 0.200. The largest absolute Gasteiger partial charge is 0.772 e.